The molecule has 0 bridgehead atoms. The van der Waals surface area contributed by atoms with E-state index in [2.05, 4.69) is 0 Å². The number of thioether (sulfide) groups is 1. The van der Waals surface area contributed by atoms with Crippen molar-refractivity contribution in [3.05, 3.63) is 34.9 Å². The average molecular weight is 317 g/mol. The topological polar surface area (TPSA) is 63.6 Å². The van der Waals surface area contributed by atoms with E-state index in [1.54, 1.807) is 31.2 Å². The standard InChI is InChI=1S/C14H17ClO4S/c1-3-19-13(18)14(12(16)17,8-9-20-2)10-4-6-11(15)7-5-10/h4-7H,3,8-9H2,1-2H3,(H,16,17). The van der Waals surface area contributed by atoms with Crippen molar-refractivity contribution in [3.8, 4) is 0 Å². The molecule has 0 radical (unpaired) electrons. The predicted octanol–water partition coefficient (Wildman–Crippen LogP) is 2.98. The minimum Gasteiger partial charge on any atom is -0.480 e. The number of benzene rings is 1. The van der Waals surface area contributed by atoms with E-state index in [9.17, 15) is 14.7 Å². The van der Waals surface area contributed by atoms with Crippen LogP contribution < -0.4 is 0 Å². The van der Waals surface area contributed by atoms with Gasteiger partial charge in [0.15, 0.2) is 5.41 Å². The quantitative estimate of drug-likeness (QED) is 0.619. The summed E-state index contributed by atoms with van der Waals surface area (Å²) in [6.07, 6.45) is 2.03. The molecule has 0 fully saturated rings. The van der Waals surface area contributed by atoms with E-state index < -0.39 is 17.4 Å². The number of aliphatic carboxylic acids is 1. The normalized spacial score (nSPS) is 13.6. The third kappa shape index (κ3) is 3.46. The lowest BCUT2D eigenvalue weighted by Gasteiger charge is -2.27. The summed E-state index contributed by atoms with van der Waals surface area (Å²) in [6, 6.07) is 6.28. The van der Waals surface area contributed by atoms with Gasteiger partial charge in [0.1, 0.15) is 0 Å². The van der Waals surface area contributed by atoms with Crippen molar-refractivity contribution >= 4 is 35.3 Å². The van der Waals surface area contributed by atoms with Crippen LogP contribution >= 0.6 is 23.4 Å². The third-order valence-electron chi connectivity index (χ3n) is 3.01. The number of rotatable bonds is 7. The zero-order chi connectivity index (χ0) is 15.2. The molecule has 0 aliphatic heterocycles. The van der Waals surface area contributed by atoms with Gasteiger partial charge >= 0.3 is 11.9 Å². The van der Waals surface area contributed by atoms with Gasteiger partial charge < -0.3 is 9.84 Å². The van der Waals surface area contributed by atoms with E-state index in [0.29, 0.717) is 16.3 Å². The zero-order valence-corrected chi connectivity index (χ0v) is 13.0. The first-order valence-electron chi connectivity index (χ1n) is 6.14. The van der Waals surface area contributed by atoms with Gasteiger partial charge in [-0.05, 0) is 43.0 Å². The van der Waals surface area contributed by atoms with E-state index in [4.69, 9.17) is 16.3 Å². The summed E-state index contributed by atoms with van der Waals surface area (Å²) in [5.41, 5.74) is -1.29. The fourth-order valence-electron chi connectivity index (χ4n) is 1.93. The van der Waals surface area contributed by atoms with Crippen LogP contribution in [0.1, 0.15) is 18.9 Å². The Bertz CT molecular complexity index is 475. The van der Waals surface area contributed by atoms with Crippen LogP contribution in [0, 0.1) is 0 Å². The highest BCUT2D eigenvalue weighted by molar-refractivity contribution is 7.98. The van der Waals surface area contributed by atoms with Gasteiger partial charge in [-0.3, -0.25) is 9.59 Å². The van der Waals surface area contributed by atoms with Crippen molar-refractivity contribution in [2.45, 2.75) is 18.8 Å². The molecule has 0 amide bonds. The molecule has 1 rings (SSSR count). The molecule has 0 heterocycles. The smallest absolute Gasteiger partial charge is 0.328 e. The van der Waals surface area contributed by atoms with E-state index in [-0.39, 0.29) is 13.0 Å². The summed E-state index contributed by atoms with van der Waals surface area (Å²) >= 11 is 7.30. The largest absolute Gasteiger partial charge is 0.480 e. The van der Waals surface area contributed by atoms with Crippen molar-refractivity contribution in [3.63, 3.8) is 0 Å². The molecule has 6 heteroatoms. The molecular weight excluding hydrogens is 300 g/mol. The van der Waals surface area contributed by atoms with Crippen LogP contribution in [0.3, 0.4) is 0 Å². The van der Waals surface area contributed by atoms with Crippen LogP contribution in [-0.4, -0.2) is 35.7 Å². The Balaban J connectivity index is 3.31. The lowest BCUT2D eigenvalue weighted by molar-refractivity contribution is -0.161. The number of halogens is 1. The van der Waals surface area contributed by atoms with E-state index in [0.717, 1.165) is 0 Å². The molecule has 1 atom stereocenters. The van der Waals surface area contributed by atoms with Gasteiger partial charge in [0, 0.05) is 5.02 Å². The third-order valence-corrected chi connectivity index (χ3v) is 3.87. The minimum atomic E-state index is -1.68. The molecule has 1 unspecified atom stereocenters. The van der Waals surface area contributed by atoms with Crippen molar-refractivity contribution in [2.75, 3.05) is 18.6 Å². The van der Waals surface area contributed by atoms with Crippen LogP contribution in [0.4, 0.5) is 0 Å². The molecule has 20 heavy (non-hydrogen) atoms. The lowest BCUT2D eigenvalue weighted by Crippen LogP contribution is -2.45. The van der Waals surface area contributed by atoms with Crippen molar-refractivity contribution in [2.24, 2.45) is 0 Å². The molecule has 110 valence electrons. The Morgan fingerprint density at radius 3 is 2.40 bits per heavy atom. The van der Waals surface area contributed by atoms with Gasteiger partial charge in [0.05, 0.1) is 6.61 Å². The summed E-state index contributed by atoms with van der Waals surface area (Å²) in [4.78, 5) is 24.0. The number of carboxylic acids is 1. The maximum absolute atomic E-state index is 12.3. The monoisotopic (exact) mass is 316 g/mol. The number of hydrogen-bond donors (Lipinski definition) is 1. The number of ether oxygens (including phenoxy) is 1. The Morgan fingerprint density at radius 2 is 1.95 bits per heavy atom. The first kappa shape index (κ1) is 16.9. The Hall–Kier alpha value is -1.20. The molecule has 1 aromatic carbocycles. The van der Waals surface area contributed by atoms with Crippen LogP contribution in [0.25, 0.3) is 0 Å². The van der Waals surface area contributed by atoms with E-state index in [1.165, 1.54) is 11.8 Å². The van der Waals surface area contributed by atoms with Gasteiger partial charge in [-0.1, -0.05) is 23.7 Å². The van der Waals surface area contributed by atoms with Crippen LogP contribution in [0.5, 0.6) is 0 Å². The highest BCUT2D eigenvalue weighted by atomic mass is 35.5. The van der Waals surface area contributed by atoms with E-state index in [1.807, 2.05) is 6.26 Å². The molecule has 0 aliphatic rings. The molecule has 4 nitrogen and oxygen atoms in total. The molecule has 0 aromatic heterocycles. The number of carbonyl (C=O) groups is 2. The Labute approximate surface area is 127 Å². The second-order valence-electron chi connectivity index (χ2n) is 4.18. The summed E-state index contributed by atoms with van der Waals surface area (Å²) in [5, 5.41) is 10.1. The maximum atomic E-state index is 12.3. The van der Waals surface area contributed by atoms with Crippen molar-refractivity contribution in [1.82, 2.24) is 0 Å². The molecule has 1 N–H and O–H groups in total. The minimum absolute atomic E-state index is 0.140. The summed E-state index contributed by atoms with van der Waals surface area (Å²) in [5.74, 6) is -1.40. The first-order chi connectivity index (χ1) is 9.48. The predicted molar refractivity (Wildman–Crippen MR) is 80.4 cm³/mol. The molecule has 0 spiro atoms. The van der Waals surface area contributed by atoms with Gasteiger partial charge in [-0.15, -0.1) is 0 Å². The summed E-state index contributed by atoms with van der Waals surface area (Å²) in [6.45, 7) is 1.79. The number of hydrogen-bond acceptors (Lipinski definition) is 4. The summed E-state index contributed by atoms with van der Waals surface area (Å²) in [7, 11) is 0. The van der Waals surface area contributed by atoms with Gasteiger partial charge in [0.2, 0.25) is 0 Å². The fourth-order valence-corrected chi connectivity index (χ4v) is 2.56. The van der Waals surface area contributed by atoms with Crippen LogP contribution in [0.15, 0.2) is 24.3 Å². The number of carbonyl (C=O) groups excluding carboxylic acids is 1. The highest BCUT2D eigenvalue weighted by Crippen LogP contribution is 2.32. The summed E-state index contributed by atoms with van der Waals surface area (Å²) < 4.78 is 4.99. The average Bonchev–Trinajstić information content (AvgIpc) is 2.41. The molecule has 0 saturated carbocycles. The Morgan fingerprint density at radius 1 is 1.35 bits per heavy atom. The molecular formula is C14H17ClO4S. The SMILES string of the molecule is CCOC(=O)C(CCSC)(C(=O)O)c1ccc(Cl)cc1. The molecule has 0 saturated heterocycles. The van der Waals surface area contributed by atoms with Crippen LogP contribution in [-0.2, 0) is 19.7 Å². The molecule has 0 aliphatic carbocycles. The van der Waals surface area contributed by atoms with Crippen molar-refractivity contribution in [1.29, 1.82) is 0 Å². The maximum Gasteiger partial charge on any atom is 0.328 e. The van der Waals surface area contributed by atoms with Gasteiger partial charge in [0.25, 0.3) is 0 Å². The highest BCUT2D eigenvalue weighted by Gasteiger charge is 2.48. The van der Waals surface area contributed by atoms with Gasteiger partial charge in [-0.25, -0.2) is 0 Å². The van der Waals surface area contributed by atoms with Crippen LogP contribution in [0.2, 0.25) is 5.02 Å². The zero-order valence-electron chi connectivity index (χ0n) is 11.4. The van der Waals surface area contributed by atoms with Crippen molar-refractivity contribution < 1.29 is 19.4 Å². The van der Waals surface area contributed by atoms with E-state index >= 15 is 0 Å². The Kier molecular flexibility index (Phi) is 6.36. The first-order valence-corrected chi connectivity index (χ1v) is 7.91. The fraction of sp³-hybridized carbons (Fsp3) is 0.429. The van der Waals surface area contributed by atoms with Gasteiger partial charge in [-0.2, -0.15) is 11.8 Å². The second kappa shape index (κ2) is 7.55. The second-order valence-corrected chi connectivity index (χ2v) is 5.60. The molecule has 1 aromatic rings. The number of carboxylic acid groups (broad SMARTS) is 1. The number of esters is 1. The lowest BCUT2D eigenvalue weighted by atomic mass is 9.78.